The first-order chi connectivity index (χ1) is 6.64. The van der Waals surface area contributed by atoms with Gasteiger partial charge in [0.1, 0.15) is 0 Å². The molecule has 0 radical (unpaired) electrons. The lowest BCUT2D eigenvalue weighted by atomic mass is 9.98. The average molecular weight is 204 g/mol. The van der Waals surface area contributed by atoms with Crippen molar-refractivity contribution in [3.8, 4) is 0 Å². The Kier molecular flexibility index (Phi) is 6.44. The van der Waals surface area contributed by atoms with E-state index in [2.05, 4.69) is 10.6 Å². The molecule has 0 atom stereocenters. The summed E-state index contributed by atoms with van der Waals surface area (Å²) in [6.07, 6.45) is 0.498. The maximum Gasteiger partial charge on any atom is 0.234 e. The number of rotatable bonds is 7. The molecular weight excluding hydrogens is 184 g/mol. The van der Waals surface area contributed by atoms with E-state index in [1.165, 1.54) is 0 Å². The number of carbonyl (C=O) groups is 1. The highest BCUT2D eigenvalue weighted by Crippen LogP contribution is 2.07. The van der Waals surface area contributed by atoms with E-state index in [1.54, 1.807) is 6.92 Å². The second-order valence-electron chi connectivity index (χ2n) is 3.28. The molecule has 0 aliphatic heterocycles. The van der Waals surface area contributed by atoms with Gasteiger partial charge < -0.3 is 20.8 Å². The third-order valence-electron chi connectivity index (χ3n) is 2.22. The molecule has 0 aromatic carbocycles. The molecule has 0 saturated carbocycles. The third-order valence-corrected chi connectivity index (χ3v) is 2.22. The first kappa shape index (κ1) is 13.4. The van der Waals surface area contributed by atoms with Gasteiger partial charge in [0, 0.05) is 0 Å². The first-order valence-electron chi connectivity index (χ1n) is 4.87. The second-order valence-corrected chi connectivity index (χ2v) is 3.28. The van der Waals surface area contributed by atoms with Gasteiger partial charge in [-0.3, -0.25) is 4.79 Å². The Morgan fingerprint density at radius 3 is 2.21 bits per heavy atom. The molecule has 0 spiro atoms. The van der Waals surface area contributed by atoms with Gasteiger partial charge in [-0.2, -0.15) is 0 Å². The van der Waals surface area contributed by atoms with E-state index in [9.17, 15) is 4.79 Å². The normalized spacial score (nSPS) is 11.4. The minimum Gasteiger partial charge on any atom is -0.394 e. The predicted octanol–water partition coefficient (Wildman–Crippen LogP) is -1.15. The van der Waals surface area contributed by atoms with Crippen LogP contribution >= 0.6 is 0 Å². The fourth-order valence-corrected chi connectivity index (χ4v) is 1.02. The van der Waals surface area contributed by atoms with Gasteiger partial charge >= 0.3 is 0 Å². The van der Waals surface area contributed by atoms with Crippen molar-refractivity contribution < 1.29 is 15.0 Å². The fourth-order valence-electron chi connectivity index (χ4n) is 1.02. The van der Waals surface area contributed by atoms with Crippen molar-refractivity contribution in [1.29, 1.82) is 0 Å². The molecule has 1 amide bonds. The predicted molar refractivity (Wildman–Crippen MR) is 53.9 cm³/mol. The van der Waals surface area contributed by atoms with Crippen LogP contribution in [0.4, 0.5) is 0 Å². The van der Waals surface area contributed by atoms with Gasteiger partial charge in [0.15, 0.2) is 0 Å². The van der Waals surface area contributed by atoms with Crippen LogP contribution in [0.2, 0.25) is 0 Å². The second kappa shape index (κ2) is 6.75. The molecule has 0 rings (SSSR count). The van der Waals surface area contributed by atoms with E-state index in [4.69, 9.17) is 10.2 Å². The lowest BCUT2D eigenvalue weighted by molar-refractivity contribution is -0.123. The number of hydrogen-bond acceptors (Lipinski definition) is 4. The van der Waals surface area contributed by atoms with Gasteiger partial charge in [0.05, 0.1) is 25.3 Å². The number of amides is 1. The summed E-state index contributed by atoms with van der Waals surface area (Å²) in [5.41, 5.74) is -0.882. The molecule has 0 heterocycles. The number of nitrogens with one attached hydrogen (secondary N) is 2. The van der Waals surface area contributed by atoms with E-state index < -0.39 is 5.54 Å². The molecule has 0 aromatic rings. The summed E-state index contributed by atoms with van der Waals surface area (Å²) in [5, 5.41) is 23.6. The van der Waals surface area contributed by atoms with Crippen LogP contribution in [0, 0.1) is 0 Å². The van der Waals surface area contributed by atoms with Gasteiger partial charge in [-0.05, 0) is 13.0 Å². The van der Waals surface area contributed by atoms with Gasteiger partial charge in [0.25, 0.3) is 0 Å². The van der Waals surface area contributed by atoms with Crippen LogP contribution in [-0.4, -0.2) is 48.0 Å². The fraction of sp³-hybridized carbons (Fsp3) is 0.889. The minimum atomic E-state index is -0.882. The van der Waals surface area contributed by atoms with E-state index in [0.29, 0.717) is 13.0 Å². The van der Waals surface area contributed by atoms with Crippen molar-refractivity contribution in [2.24, 2.45) is 0 Å². The van der Waals surface area contributed by atoms with Crippen LogP contribution in [0.25, 0.3) is 0 Å². The van der Waals surface area contributed by atoms with Crippen molar-refractivity contribution in [1.82, 2.24) is 10.6 Å². The summed E-state index contributed by atoms with van der Waals surface area (Å²) in [7, 11) is 0. The Morgan fingerprint density at radius 1 is 1.29 bits per heavy atom. The third kappa shape index (κ3) is 4.04. The number of aliphatic hydroxyl groups is 2. The molecule has 0 unspecified atom stereocenters. The maximum atomic E-state index is 11.3. The lowest BCUT2D eigenvalue weighted by Gasteiger charge is -2.29. The van der Waals surface area contributed by atoms with Crippen molar-refractivity contribution in [2.75, 3.05) is 26.3 Å². The molecule has 5 heteroatoms. The molecule has 0 bridgehead atoms. The first-order valence-corrected chi connectivity index (χ1v) is 4.87. The van der Waals surface area contributed by atoms with Crippen molar-refractivity contribution in [3.05, 3.63) is 0 Å². The molecule has 0 aliphatic carbocycles. The van der Waals surface area contributed by atoms with Crippen LogP contribution < -0.4 is 10.6 Å². The highest BCUT2D eigenvalue weighted by atomic mass is 16.3. The van der Waals surface area contributed by atoms with Crippen molar-refractivity contribution in [3.63, 3.8) is 0 Å². The molecule has 4 N–H and O–H groups in total. The average Bonchev–Trinajstić information content (AvgIpc) is 2.23. The molecular formula is C9H20N2O3. The van der Waals surface area contributed by atoms with E-state index >= 15 is 0 Å². The van der Waals surface area contributed by atoms with Gasteiger partial charge in [-0.1, -0.05) is 13.8 Å². The SMILES string of the molecule is CCNCC(=O)NC(CC)(CO)CO. The Balaban J connectivity index is 4.08. The quantitative estimate of drug-likeness (QED) is 0.422. The lowest BCUT2D eigenvalue weighted by Crippen LogP contribution is -2.55. The number of likely N-dealkylation sites (N-methyl/N-ethyl adjacent to an activating group) is 1. The van der Waals surface area contributed by atoms with Crippen LogP contribution in [-0.2, 0) is 4.79 Å². The zero-order valence-electron chi connectivity index (χ0n) is 8.84. The maximum absolute atomic E-state index is 11.3. The highest BCUT2D eigenvalue weighted by Gasteiger charge is 2.27. The van der Waals surface area contributed by atoms with E-state index in [0.717, 1.165) is 0 Å². The Morgan fingerprint density at radius 2 is 1.86 bits per heavy atom. The topological polar surface area (TPSA) is 81.6 Å². The number of hydrogen-bond donors (Lipinski definition) is 4. The monoisotopic (exact) mass is 204 g/mol. The summed E-state index contributed by atoms with van der Waals surface area (Å²) >= 11 is 0. The highest BCUT2D eigenvalue weighted by molar-refractivity contribution is 5.78. The Labute approximate surface area is 84.5 Å². The summed E-state index contributed by atoms with van der Waals surface area (Å²) < 4.78 is 0. The largest absolute Gasteiger partial charge is 0.394 e. The van der Waals surface area contributed by atoms with Crippen molar-refractivity contribution >= 4 is 5.91 Å². The smallest absolute Gasteiger partial charge is 0.234 e. The van der Waals surface area contributed by atoms with E-state index in [1.807, 2.05) is 6.92 Å². The minimum absolute atomic E-state index is 0.207. The van der Waals surface area contributed by atoms with E-state index in [-0.39, 0.29) is 25.7 Å². The number of aliphatic hydroxyl groups excluding tert-OH is 2. The van der Waals surface area contributed by atoms with Gasteiger partial charge in [-0.15, -0.1) is 0 Å². The standard InChI is InChI=1S/C9H20N2O3/c1-3-9(6-12,7-13)11-8(14)5-10-4-2/h10,12-13H,3-7H2,1-2H3,(H,11,14). The summed E-state index contributed by atoms with van der Waals surface area (Å²) in [6.45, 7) is 4.12. The van der Waals surface area contributed by atoms with Crippen LogP contribution in [0.3, 0.4) is 0 Å². The van der Waals surface area contributed by atoms with Gasteiger partial charge in [-0.25, -0.2) is 0 Å². The van der Waals surface area contributed by atoms with Crippen LogP contribution in [0.15, 0.2) is 0 Å². The Hall–Kier alpha value is -0.650. The zero-order valence-corrected chi connectivity index (χ0v) is 8.84. The zero-order chi connectivity index (χ0) is 11.0. The molecule has 0 aromatic heterocycles. The summed E-state index contributed by atoms with van der Waals surface area (Å²) in [5.74, 6) is -0.211. The summed E-state index contributed by atoms with van der Waals surface area (Å²) in [4.78, 5) is 11.3. The molecule has 14 heavy (non-hydrogen) atoms. The van der Waals surface area contributed by atoms with Crippen LogP contribution in [0.5, 0.6) is 0 Å². The van der Waals surface area contributed by atoms with Gasteiger partial charge in [0.2, 0.25) is 5.91 Å². The molecule has 0 saturated heterocycles. The Bertz CT molecular complexity index is 161. The molecule has 0 fully saturated rings. The molecule has 0 aliphatic rings. The molecule has 84 valence electrons. The van der Waals surface area contributed by atoms with Crippen molar-refractivity contribution in [2.45, 2.75) is 25.8 Å². The number of carbonyl (C=O) groups excluding carboxylic acids is 1. The van der Waals surface area contributed by atoms with Crippen LogP contribution in [0.1, 0.15) is 20.3 Å². The summed E-state index contributed by atoms with van der Waals surface area (Å²) in [6, 6.07) is 0. The molecule has 5 nitrogen and oxygen atoms in total.